The number of hydrogen-bond donors (Lipinski definition) is 0. The Morgan fingerprint density at radius 1 is 1.19 bits per heavy atom. The lowest BCUT2D eigenvalue weighted by molar-refractivity contribution is 0.349. The molecular weight excluding hydrogens is 303 g/mol. The molecule has 4 heteroatoms. The molecule has 0 aliphatic heterocycles. The molecule has 4 rings (SSSR count). The molecule has 0 atom stereocenters. The number of alkyl halides is 1. The second kappa shape index (κ2) is 5.48. The van der Waals surface area contributed by atoms with Crippen molar-refractivity contribution in [3.05, 3.63) is 29.0 Å². The van der Waals surface area contributed by atoms with Gasteiger partial charge >= 0.3 is 0 Å². The lowest BCUT2D eigenvalue weighted by atomic mass is 9.97. The van der Waals surface area contributed by atoms with Crippen molar-refractivity contribution in [2.75, 3.05) is 5.88 Å². The zero-order valence-corrected chi connectivity index (χ0v) is 13.6. The fourth-order valence-electron chi connectivity index (χ4n) is 3.58. The van der Waals surface area contributed by atoms with E-state index in [2.05, 4.69) is 10.6 Å². The molecule has 2 nitrogen and oxygen atoms in total. The molecule has 0 saturated heterocycles. The number of aryl methyl sites for hydroxylation is 1. The first-order chi connectivity index (χ1) is 10.3. The monoisotopic (exact) mass is 322 g/mol. The standard InChI is InChI=1S/C17H20Cl2N2/c18-9-8-16-20-17-14(19)2-1-3-15(17)21(16)10-13(11-4-5-11)12-6-7-12/h1-3,11-13H,4-10H2. The first-order valence-electron chi connectivity index (χ1n) is 7.97. The van der Waals surface area contributed by atoms with Crippen LogP contribution in [0.2, 0.25) is 5.02 Å². The first kappa shape index (κ1) is 13.9. The van der Waals surface area contributed by atoms with Crippen LogP contribution in [0.15, 0.2) is 18.2 Å². The molecule has 0 amide bonds. The van der Waals surface area contributed by atoms with Crippen LogP contribution in [0.5, 0.6) is 0 Å². The highest BCUT2D eigenvalue weighted by molar-refractivity contribution is 6.34. The minimum absolute atomic E-state index is 0.610. The van der Waals surface area contributed by atoms with Crippen molar-refractivity contribution in [1.29, 1.82) is 0 Å². The van der Waals surface area contributed by atoms with E-state index in [0.717, 1.165) is 47.1 Å². The summed E-state index contributed by atoms with van der Waals surface area (Å²) in [6.45, 7) is 1.10. The second-order valence-electron chi connectivity index (χ2n) is 6.52. The van der Waals surface area contributed by atoms with Crippen molar-refractivity contribution in [1.82, 2.24) is 9.55 Å². The summed E-state index contributed by atoms with van der Waals surface area (Å²) >= 11 is 12.3. The van der Waals surface area contributed by atoms with Gasteiger partial charge in [0.25, 0.3) is 0 Å². The topological polar surface area (TPSA) is 17.8 Å². The number of para-hydroxylation sites is 1. The van der Waals surface area contributed by atoms with Gasteiger partial charge < -0.3 is 4.57 Å². The lowest BCUT2D eigenvalue weighted by Gasteiger charge is -2.18. The summed E-state index contributed by atoms with van der Waals surface area (Å²) in [6, 6.07) is 6.09. The highest BCUT2D eigenvalue weighted by Crippen LogP contribution is 2.50. The Labute approximate surface area is 135 Å². The van der Waals surface area contributed by atoms with Crippen molar-refractivity contribution in [3.63, 3.8) is 0 Å². The third-order valence-corrected chi connectivity index (χ3v) is 5.47. The van der Waals surface area contributed by atoms with Crippen LogP contribution >= 0.6 is 23.2 Å². The van der Waals surface area contributed by atoms with E-state index >= 15 is 0 Å². The first-order valence-corrected chi connectivity index (χ1v) is 8.88. The Kier molecular flexibility index (Phi) is 3.63. The van der Waals surface area contributed by atoms with Crippen molar-refractivity contribution >= 4 is 34.2 Å². The summed E-state index contributed by atoms with van der Waals surface area (Å²) in [5.74, 6) is 4.42. The summed E-state index contributed by atoms with van der Waals surface area (Å²) in [4.78, 5) is 4.76. The number of imidazole rings is 1. The van der Waals surface area contributed by atoms with Crippen LogP contribution in [0.25, 0.3) is 11.0 Å². The zero-order valence-electron chi connectivity index (χ0n) is 12.1. The van der Waals surface area contributed by atoms with Crippen LogP contribution in [0.4, 0.5) is 0 Å². The van der Waals surface area contributed by atoms with E-state index in [-0.39, 0.29) is 0 Å². The van der Waals surface area contributed by atoms with E-state index in [1.165, 1.54) is 31.2 Å². The van der Waals surface area contributed by atoms with E-state index in [1.807, 2.05) is 12.1 Å². The molecule has 1 aromatic heterocycles. The van der Waals surface area contributed by atoms with Gasteiger partial charge in [-0.3, -0.25) is 0 Å². The minimum Gasteiger partial charge on any atom is -0.328 e. The van der Waals surface area contributed by atoms with E-state index in [0.29, 0.717) is 5.88 Å². The molecule has 0 unspecified atom stereocenters. The Balaban J connectivity index is 1.74. The Morgan fingerprint density at radius 3 is 2.52 bits per heavy atom. The highest BCUT2D eigenvalue weighted by Gasteiger charge is 2.41. The van der Waals surface area contributed by atoms with Gasteiger partial charge in [0.1, 0.15) is 11.3 Å². The van der Waals surface area contributed by atoms with Crippen molar-refractivity contribution in [2.24, 2.45) is 17.8 Å². The third kappa shape index (κ3) is 2.68. The maximum Gasteiger partial charge on any atom is 0.111 e. The highest BCUT2D eigenvalue weighted by atomic mass is 35.5. The Morgan fingerprint density at radius 2 is 1.90 bits per heavy atom. The Hall–Kier alpha value is -0.730. The average molecular weight is 323 g/mol. The van der Waals surface area contributed by atoms with Gasteiger partial charge in [-0.2, -0.15) is 0 Å². The van der Waals surface area contributed by atoms with Crippen LogP contribution < -0.4 is 0 Å². The molecule has 2 fully saturated rings. The van der Waals surface area contributed by atoms with Gasteiger partial charge in [-0.05, 0) is 55.6 Å². The van der Waals surface area contributed by atoms with Crippen LogP contribution in [-0.2, 0) is 13.0 Å². The second-order valence-corrected chi connectivity index (χ2v) is 7.31. The number of fused-ring (bicyclic) bond motifs is 1. The van der Waals surface area contributed by atoms with Crippen LogP contribution in [0.3, 0.4) is 0 Å². The average Bonchev–Trinajstić information content (AvgIpc) is 3.36. The molecule has 1 aromatic carbocycles. The van der Waals surface area contributed by atoms with Crippen molar-refractivity contribution < 1.29 is 0 Å². The van der Waals surface area contributed by atoms with Gasteiger partial charge in [0.15, 0.2) is 0 Å². The molecule has 112 valence electrons. The van der Waals surface area contributed by atoms with Gasteiger partial charge in [-0.25, -0.2) is 4.98 Å². The molecule has 2 aromatic rings. The molecule has 0 N–H and O–H groups in total. The molecule has 1 heterocycles. The van der Waals surface area contributed by atoms with Crippen LogP contribution in [-0.4, -0.2) is 15.4 Å². The number of hydrogen-bond acceptors (Lipinski definition) is 1. The third-order valence-electron chi connectivity index (χ3n) is 4.98. The molecule has 2 aliphatic carbocycles. The molecule has 0 bridgehead atoms. The van der Waals surface area contributed by atoms with E-state index < -0.39 is 0 Å². The summed E-state index contributed by atoms with van der Waals surface area (Å²) in [7, 11) is 0. The number of benzene rings is 1. The molecular formula is C17H20Cl2N2. The summed E-state index contributed by atoms with van der Waals surface area (Å²) < 4.78 is 2.39. The molecule has 0 spiro atoms. The summed E-state index contributed by atoms with van der Waals surface area (Å²) in [5.41, 5.74) is 2.11. The van der Waals surface area contributed by atoms with Gasteiger partial charge in [0.05, 0.1) is 10.5 Å². The number of halogens is 2. The maximum atomic E-state index is 6.32. The van der Waals surface area contributed by atoms with Crippen LogP contribution in [0.1, 0.15) is 31.5 Å². The predicted molar refractivity (Wildman–Crippen MR) is 88.1 cm³/mol. The minimum atomic E-state index is 0.610. The molecule has 21 heavy (non-hydrogen) atoms. The Bertz CT molecular complexity index is 644. The fraction of sp³-hybridized carbons (Fsp3) is 0.588. The normalized spacial score (nSPS) is 18.8. The summed E-state index contributed by atoms with van der Waals surface area (Å²) in [5, 5.41) is 0.747. The summed E-state index contributed by atoms with van der Waals surface area (Å²) in [6.07, 6.45) is 6.48. The largest absolute Gasteiger partial charge is 0.328 e. The molecule has 2 aliphatic rings. The zero-order chi connectivity index (χ0) is 14.4. The van der Waals surface area contributed by atoms with Gasteiger partial charge in [-0.15, -0.1) is 11.6 Å². The lowest BCUT2D eigenvalue weighted by Crippen LogP contribution is -2.17. The molecule has 0 radical (unpaired) electrons. The van der Waals surface area contributed by atoms with E-state index in [4.69, 9.17) is 28.2 Å². The number of nitrogens with zero attached hydrogens (tertiary/aromatic N) is 2. The van der Waals surface area contributed by atoms with Crippen LogP contribution in [0, 0.1) is 17.8 Å². The fourth-order valence-corrected chi connectivity index (χ4v) is 3.96. The van der Waals surface area contributed by atoms with Crippen molar-refractivity contribution in [2.45, 2.75) is 38.6 Å². The van der Waals surface area contributed by atoms with Crippen molar-refractivity contribution in [3.8, 4) is 0 Å². The van der Waals surface area contributed by atoms with Gasteiger partial charge in [-0.1, -0.05) is 17.7 Å². The number of rotatable bonds is 6. The predicted octanol–water partition coefficient (Wildman–Crippen LogP) is 4.91. The number of aromatic nitrogens is 2. The van der Waals surface area contributed by atoms with E-state index in [1.54, 1.807) is 0 Å². The van der Waals surface area contributed by atoms with Gasteiger partial charge in [0, 0.05) is 18.8 Å². The maximum absolute atomic E-state index is 6.32. The molecule has 2 saturated carbocycles. The van der Waals surface area contributed by atoms with Gasteiger partial charge in [0.2, 0.25) is 0 Å². The van der Waals surface area contributed by atoms with E-state index in [9.17, 15) is 0 Å². The smallest absolute Gasteiger partial charge is 0.111 e. The SMILES string of the molecule is ClCCc1nc2c(Cl)cccc2n1CC(C1CC1)C1CC1. The quantitative estimate of drug-likeness (QED) is 0.691.